The van der Waals surface area contributed by atoms with Crippen LogP contribution >= 0.6 is 11.3 Å². The van der Waals surface area contributed by atoms with Gasteiger partial charge in [0, 0.05) is 11.4 Å². The highest BCUT2D eigenvalue weighted by molar-refractivity contribution is 7.10. The molecule has 1 fully saturated rings. The lowest BCUT2D eigenvalue weighted by Gasteiger charge is -2.36. The van der Waals surface area contributed by atoms with Crippen molar-refractivity contribution in [1.29, 1.82) is 0 Å². The van der Waals surface area contributed by atoms with Gasteiger partial charge in [-0.05, 0) is 55.4 Å². The molecule has 1 aromatic heterocycles. The maximum atomic E-state index is 12.8. The molecule has 1 saturated heterocycles. The maximum absolute atomic E-state index is 12.8. The molecule has 1 aliphatic heterocycles. The number of nitrogens with one attached hydrogen (secondary N) is 1. The summed E-state index contributed by atoms with van der Waals surface area (Å²) in [6.45, 7) is 4.64. The van der Waals surface area contributed by atoms with Gasteiger partial charge in [0.15, 0.2) is 6.61 Å². The van der Waals surface area contributed by atoms with Crippen LogP contribution < -0.4 is 15.8 Å². The van der Waals surface area contributed by atoms with Crippen LogP contribution in [-0.2, 0) is 4.79 Å². The second-order valence-electron chi connectivity index (χ2n) is 7.21. The zero-order valence-corrected chi connectivity index (χ0v) is 16.9. The summed E-state index contributed by atoms with van der Waals surface area (Å²) in [6.07, 6.45) is 2.36. The highest BCUT2D eigenvalue weighted by Crippen LogP contribution is 2.29. The summed E-state index contributed by atoms with van der Waals surface area (Å²) < 4.78 is 5.38. The number of para-hydroxylation sites is 1. The molecule has 150 valence electrons. The van der Waals surface area contributed by atoms with Crippen LogP contribution in [0.5, 0.6) is 5.75 Å². The van der Waals surface area contributed by atoms with Crippen LogP contribution in [0, 0.1) is 5.92 Å². The molecule has 2 aromatic rings. The molecule has 1 unspecified atom stereocenters. The van der Waals surface area contributed by atoms with Crippen molar-refractivity contribution in [3.8, 4) is 5.75 Å². The Kier molecular flexibility index (Phi) is 7.06. The molecule has 3 N–H and O–H groups in total. The Balaban J connectivity index is 1.68. The molecule has 7 heteroatoms. The number of primary amides is 1. The second kappa shape index (κ2) is 9.71. The Morgan fingerprint density at radius 1 is 1.25 bits per heavy atom. The number of carbonyl (C=O) groups excluding carboxylic acids is 2. The van der Waals surface area contributed by atoms with Gasteiger partial charge in [-0.3, -0.25) is 14.5 Å². The Morgan fingerprint density at radius 3 is 2.68 bits per heavy atom. The third-order valence-electron chi connectivity index (χ3n) is 5.09. The number of benzene rings is 1. The summed E-state index contributed by atoms with van der Waals surface area (Å²) in [5, 5.41) is 5.13. The van der Waals surface area contributed by atoms with Crippen molar-refractivity contribution in [2.75, 3.05) is 26.2 Å². The van der Waals surface area contributed by atoms with Crippen LogP contribution in [0.3, 0.4) is 0 Å². The van der Waals surface area contributed by atoms with Crippen molar-refractivity contribution in [2.45, 2.75) is 25.8 Å². The molecule has 1 atom stereocenters. The Bertz CT molecular complexity index is 786. The van der Waals surface area contributed by atoms with Crippen molar-refractivity contribution in [3.05, 3.63) is 52.2 Å². The lowest BCUT2D eigenvalue weighted by molar-refractivity contribution is -0.119. The normalized spacial score (nSPS) is 16.5. The minimum Gasteiger partial charge on any atom is -0.483 e. The fraction of sp³-hybridized carbons (Fsp3) is 0.429. The molecule has 6 nitrogen and oxygen atoms in total. The standard InChI is InChI=1S/C21H27N3O3S/c1-15-8-10-24(11-9-15)17(19-7-4-12-28-19)13-23-21(26)16-5-2-3-6-18(16)27-14-20(22)25/h2-7,12,15,17H,8-11,13-14H2,1H3,(H2,22,25)(H,23,26). The molecule has 0 radical (unpaired) electrons. The number of nitrogens with zero attached hydrogens (tertiary/aromatic N) is 1. The van der Waals surface area contributed by atoms with Crippen LogP contribution in [0.4, 0.5) is 0 Å². The topological polar surface area (TPSA) is 84.7 Å². The van der Waals surface area contributed by atoms with Crippen LogP contribution in [-0.4, -0.2) is 43.0 Å². The molecule has 0 spiro atoms. The first-order chi connectivity index (χ1) is 13.5. The van der Waals surface area contributed by atoms with Gasteiger partial charge in [0.2, 0.25) is 0 Å². The van der Waals surface area contributed by atoms with Gasteiger partial charge in [-0.15, -0.1) is 11.3 Å². The minimum absolute atomic E-state index is 0.162. The Labute approximate surface area is 169 Å². The Morgan fingerprint density at radius 2 is 2.00 bits per heavy atom. The van der Waals surface area contributed by atoms with Gasteiger partial charge < -0.3 is 15.8 Å². The number of hydrogen-bond donors (Lipinski definition) is 2. The predicted octanol–water partition coefficient (Wildman–Crippen LogP) is 2.82. The van der Waals surface area contributed by atoms with E-state index in [0.29, 0.717) is 17.9 Å². The molecule has 1 aliphatic rings. The van der Waals surface area contributed by atoms with E-state index in [1.165, 1.54) is 17.7 Å². The van der Waals surface area contributed by atoms with E-state index in [2.05, 4.69) is 28.6 Å². The summed E-state index contributed by atoms with van der Waals surface area (Å²) >= 11 is 1.72. The average Bonchev–Trinajstić information content (AvgIpc) is 3.22. The summed E-state index contributed by atoms with van der Waals surface area (Å²) in [5.74, 6) is 0.321. The van der Waals surface area contributed by atoms with Crippen LogP contribution in [0.25, 0.3) is 0 Å². The number of ether oxygens (including phenoxy) is 1. The monoisotopic (exact) mass is 401 g/mol. The maximum Gasteiger partial charge on any atom is 0.255 e. The average molecular weight is 402 g/mol. The molecule has 0 saturated carbocycles. The largest absolute Gasteiger partial charge is 0.483 e. The van der Waals surface area contributed by atoms with E-state index in [1.54, 1.807) is 35.6 Å². The van der Waals surface area contributed by atoms with E-state index in [1.807, 2.05) is 6.07 Å². The molecular weight excluding hydrogens is 374 g/mol. The minimum atomic E-state index is -0.577. The molecule has 1 aromatic carbocycles. The third-order valence-corrected chi connectivity index (χ3v) is 6.06. The zero-order valence-electron chi connectivity index (χ0n) is 16.1. The van der Waals surface area contributed by atoms with E-state index >= 15 is 0 Å². The predicted molar refractivity (Wildman–Crippen MR) is 110 cm³/mol. The molecule has 3 rings (SSSR count). The van der Waals surface area contributed by atoms with E-state index in [9.17, 15) is 9.59 Å². The quantitative estimate of drug-likeness (QED) is 0.712. The van der Waals surface area contributed by atoms with Crippen molar-refractivity contribution in [2.24, 2.45) is 11.7 Å². The summed E-state index contributed by atoms with van der Waals surface area (Å²) in [6, 6.07) is 11.2. The lowest BCUT2D eigenvalue weighted by Crippen LogP contribution is -2.41. The fourth-order valence-electron chi connectivity index (χ4n) is 3.44. The molecule has 2 amide bonds. The Hall–Kier alpha value is -2.38. The van der Waals surface area contributed by atoms with Crippen molar-refractivity contribution < 1.29 is 14.3 Å². The van der Waals surface area contributed by atoms with E-state index in [-0.39, 0.29) is 18.6 Å². The highest BCUT2D eigenvalue weighted by Gasteiger charge is 2.26. The number of amides is 2. The van der Waals surface area contributed by atoms with Crippen LogP contribution in [0.1, 0.15) is 41.0 Å². The van der Waals surface area contributed by atoms with Crippen LogP contribution in [0.2, 0.25) is 0 Å². The molecule has 28 heavy (non-hydrogen) atoms. The van der Waals surface area contributed by atoms with Gasteiger partial charge in [0.25, 0.3) is 11.8 Å². The van der Waals surface area contributed by atoms with E-state index in [0.717, 1.165) is 19.0 Å². The van der Waals surface area contributed by atoms with E-state index < -0.39 is 5.91 Å². The van der Waals surface area contributed by atoms with Gasteiger partial charge in [-0.2, -0.15) is 0 Å². The van der Waals surface area contributed by atoms with Gasteiger partial charge in [0.05, 0.1) is 11.6 Å². The van der Waals surface area contributed by atoms with Crippen LogP contribution in [0.15, 0.2) is 41.8 Å². The SMILES string of the molecule is CC1CCN(C(CNC(=O)c2ccccc2OCC(N)=O)c2cccs2)CC1. The van der Waals surface area contributed by atoms with Gasteiger partial charge in [-0.25, -0.2) is 0 Å². The number of carbonyl (C=O) groups is 2. The molecule has 0 bridgehead atoms. The first kappa shape index (κ1) is 20.4. The first-order valence-electron chi connectivity index (χ1n) is 9.60. The van der Waals surface area contributed by atoms with Crippen molar-refractivity contribution >= 4 is 23.2 Å². The number of hydrogen-bond acceptors (Lipinski definition) is 5. The molecular formula is C21H27N3O3S. The van der Waals surface area contributed by atoms with Crippen molar-refractivity contribution in [3.63, 3.8) is 0 Å². The lowest BCUT2D eigenvalue weighted by atomic mass is 9.97. The van der Waals surface area contributed by atoms with Gasteiger partial charge in [0.1, 0.15) is 5.75 Å². The smallest absolute Gasteiger partial charge is 0.255 e. The molecule has 2 heterocycles. The number of piperidine rings is 1. The fourth-order valence-corrected chi connectivity index (χ4v) is 4.31. The van der Waals surface area contributed by atoms with Gasteiger partial charge >= 0.3 is 0 Å². The number of likely N-dealkylation sites (tertiary alicyclic amines) is 1. The summed E-state index contributed by atoms with van der Waals surface area (Å²) in [4.78, 5) is 27.5. The second-order valence-corrected chi connectivity index (χ2v) is 8.19. The molecule has 0 aliphatic carbocycles. The summed E-state index contributed by atoms with van der Waals surface area (Å²) in [7, 11) is 0. The zero-order chi connectivity index (χ0) is 19.9. The highest BCUT2D eigenvalue weighted by atomic mass is 32.1. The first-order valence-corrected chi connectivity index (χ1v) is 10.5. The van der Waals surface area contributed by atoms with Gasteiger partial charge in [-0.1, -0.05) is 25.1 Å². The number of thiophene rings is 1. The number of rotatable bonds is 8. The summed E-state index contributed by atoms with van der Waals surface area (Å²) in [5.41, 5.74) is 5.55. The van der Waals surface area contributed by atoms with Crippen molar-refractivity contribution in [1.82, 2.24) is 10.2 Å². The third kappa shape index (κ3) is 5.33. The number of nitrogens with two attached hydrogens (primary N) is 1. The van der Waals surface area contributed by atoms with E-state index in [4.69, 9.17) is 10.5 Å².